The number of nitrogens with one attached hydrogen (secondary N) is 1. The Bertz CT molecular complexity index is 1550. The van der Waals surface area contributed by atoms with Gasteiger partial charge in [-0.1, -0.05) is 71.8 Å². The molecule has 8 heteroatoms. The van der Waals surface area contributed by atoms with Crippen LogP contribution in [0.4, 0.5) is 0 Å². The third kappa shape index (κ3) is 6.79. The van der Waals surface area contributed by atoms with E-state index >= 15 is 0 Å². The molecule has 196 valence electrons. The van der Waals surface area contributed by atoms with Crippen molar-refractivity contribution in [1.29, 1.82) is 0 Å². The van der Waals surface area contributed by atoms with E-state index in [1.807, 2.05) is 61.5 Å². The molecule has 6 nitrogen and oxygen atoms in total. The molecular weight excluding hydrogens is 520 g/mol. The number of nitrogens with zero attached hydrogens (tertiary/aromatic N) is 1. The number of ether oxygens (including phenoxy) is 1. The second-order valence-corrected chi connectivity index (χ2v) is 11.4. The first-order chi connectivity index (χ1) is 18.3. The highest BCUT2D eigenvalue weighted by atomic mass is 35.5. The van der Waals surface area contributed by atoms with Gasteiger partial charge in [-0.2, -0.15) is 0 Å². The first kappa shape index (κ1) is 27.4. The number of halogens is 1. The zero-order chi connectivity index (χ0) is 27.1. The van der Waals surface area contributed by atoms with Crippen molar-refractivity contribution in [3.8, 4) is 16.9 Å². The molecule has 0 spiro atoms. The van der Waals surface area contributed by atoms with Gasteiger partial charge in [-0.05, 0) is 60.2 Å². The summed E-state index contributed by atoms with van der Waals surface area (Å²) < 4.78 is 32.4. The van der Waals surface area contributed by atoms with E-state index < -0.39 is 9.84 Å². The zero-order valence-corrected chi connectivity index (χ0v) is 22.9. The number of aromatic nitrogens is 1. The fraction of sp³-hybridized carbons (Fsp3) is 0.200. The number of methoxy groups -OCH3 is 1. The maximum absolute atomic E-state index is 13.5. The molecule has 3 aromatic carbocycles. The van der Waals surface area contributed by atoms with Crippen molar-refractivity contribution in [2.45, 2.75) is 30.4 Å². The highest BCUT2D eigenvalue weighted by Gasteiger charge is 2.21. The topological polar surface area (TPSA) is 85.4 Å². The standard InChI is InChI=1S/C30H29ClN2O4S/c1-21-6-3-10-24(16-21)25-11-12-28(37-2)29(18-25)38(35,36)20-23-8-4-7-22(17-23)9-5-14-33-30(34)26-19-32-15-13-27(26)31/h3-4,6-8,10-13,15-19H,5,9,14,20H2,1-2H3,(H,33,34). The molecule has 0 atom stereocenters. The summed E-state index contributed by atoms with van der Waals surface area (Å²) in [5.41, 5.74) is 4.88. The van der Waals surface area contributed by atoms with Gasteiger partial charge >= 0.3 is 0 Å². The molecule has 4 rings (SSSR count). The van der Waals surface area contributed by atoms with Crippen LogP contribution in [0.25, 0.3) is 11.1 Å². The van der Waals surface area contributed by atoms with Gasteiger partial charge in [-0.25, -0.2) is 8.42 Å². The van der Waals surface area contributed by atoms with Crippen molar-refractivity contribution < 1.29 is 17.9 Å². The largest absolute Gasteiger partial charge is 0.495 e. The Kier molecular flexibility index (Phi) is 8.81. The number of aryl methyl sites for hydroxylation is 2. The summed E-state index contributed by atoms with van der Waals surface area (Å²) in [4.78, 5) is 16.4. The van der Waals surface area contributed by atoms with E-state index in [1.54, 1.807) is 18.2 Å². The zero-order valence-electron chi connectivity index (χ0n) is 21.3. The second-order valence-electron chi connectivity index (χ2n) is 9.03. The van der Waals surface area contributed by atoms with Crippen LogP contribution in [0, 0.1) is 6.92 Å². The second kappa shape index (κ2) is 12.2. The Morgan fingerprint density at radius 3 is 2.50 bits per heavy atom. The van der Waals surface area contributed by atoms with Crippen molar-refractivity contribution in [2.24, 2.45) is 0 Å². The molecule has 0 unspecified atom stereocenters. The Labute approximate surface area is 228 Å². The van der Waals surface area contributed by atoms with E-state index in [-0.39, 0.29) is 16.6 Å². The van der Waals surface area contributed by atoms with Crippen LogP contribution in [0.1, 0.15) is 33.5 Å². The average molecular weight is 549 g/mol. The molecule has 1 aromatic heterocycles. The Morgan fingerprint density at radius 1 is 0.974 bits per heavy atom. The minimum atomic E-state index is -3.69. The van der Waals surface area contributed by atoms with E-state index in [2.05, 4.69) is 10.3 Å². The number of carbonyl (C=O) groups is 1. The quantitative estimate of drug-likeness (QED) is 0.244. The highest BCUT2D eigenvalue weighted by molar-refractivity contribution is 7.90. The lowest BCUT2D eigenvalue weighted by molar-refractivity contribution is 0.0953. The number of hydrogen-bond acceptors (Lipinski definition) is 5. The lowest BCUT2D eigenvalue weighted by Gasteiger charge is -2.13. The lowest BCUT2D eigenvalue weighted by Crippen LogP contribution is -2.25. The smallest absolute Gasteiger partial charge is 0.254 e. The monoisotopic (exact) mass is 548 g/mol. The van der Waals surface area contributed by atoms with Gasteiger partial charge in [-0.3, -0.25) is 9.78 Å². The molecular formula is C30H29ClN2O4S. The first-order valence-electron chi connectivity index (χ1n) is 12.2. The Morgan fingerprint density at radius 2 is 1.74 bits per heavy atom. The van der Waals surface area contributed by atoms with Gasteiger partial charge in [-0.15, -0.1) is 0 Å². The van der Waals surface area contributed by atoms with Crippen LogP contribution in [-0.4, -0.2) is 33.0 Å². The summed E-state index contributed by atoms with van der Waals surface area (Å²) in [7, 11) is -2.21. The number of sulfone groups is 1. The van der Waals surface area contributed by atoms with E-state index in [1.165, 1.54) is 19.5 Å². The van der Waals surface area contributed by atoms with Gasteiger partial charge in [0.1, 0.15) is 10.6 Å². The summed E-state index contributed by atoms with van der Waals surface area (Å²) in [5.74, 6) is -0.100. The van der Waals surface area contributed by atoms with Crippen molar-refractivity contribution >= 4 is 27.3 Å². The normalized spacial score (nSPS) is 11.2. The van der Waals surface area contributed by atoms with Crippen LogP contribution in [0.3, 0.4) is 0 Å². The van der Waals surface area contributed by atoms with Crippen LogP contribution in [0.5, 0.6) is 5.75 Å². The number of hydrogen-bond donors (Lipinski definition) is 1. The molecule has 0 bridgehead atoms. The summed E-state index contributed by atoms with van der Waals surface area (Å²) in [5, 5.41) is 3.20. The average Bonchev–Trinajstić information content (AvgIpc) is 2.91. The maximum atomic E-state index is 13.5. The molecule has 1 heterocycles. The first-order valence-corrected chi connectivity index (χ1v) is 14.2. The van der Waals surface area contributed by atoms with Gasteiger partial charge in [0, 0.05) is 18.9 Å². The van der Waals surface area contributed by atoms with Crippen LogP contribution in [0.15, 0.2) is 90.1 Å². The van der Waals surface area contributed by atoms with Crippen LogP contribution in [0.2, 0.25) is 5.02 Å². The third-order valence-corrected chi connectivity index (χ3v) is 8.17. The van der Waals surface area contributed by atoms with Gasteiger partial charge in [0.2, 0.25) is 0 Å². The van der Waals surface area contributed by atoms with Crippen molar-refractivity contribution in [3.05, 3.63) is 112 Å². The maximum Gasteiger partial charge on any atom is 0.254 e. The molecule has 0 radical (unpaired) electrons. The van der Waals surface area contributed by atoms with Gasteiger partial charge in [0.15, 0.2) is 9.84 Å². The Hall–Kier alpha value is -3.68. The fourth-order valence-electron chi connectivity index (χ4n) is 4.23. The van der Waals surface area contributed by atoms with Gasteiger partial charge < -0.3 is 10.1 Å². The molecule has 0 aliphatic carbocycles. The van der Waals surface area contributed by atoms with E-state index in [0.717, 1.165) is 22.3 Å². The van der Waals surface area contributed by atoms with Crippen molar-refractivity contribution in [1.82, 2.24) is 10.3 Å². The molecule has 0 fully saturated rings. The number of benzene rings is 3. The number of amides is 1. The van der Waals surface area contributed by atoms with Crippen LogP contribution in [-0.2, 0) is 22.0 Å². The van der Waals surface area contributed by atoms with Crippen molar-refractivity contribution in [2.75, 3.05) is 13.7 Å². The SMILES string of the molecule is COc1ccc(-c2cccc(C)c2)cc1S(=O)(=O)Cc1cccc(CCCNC(=O)c2cnccc2Cl)c1. The number of rotatable bonds is 10. The van der Waals surface area contributed by atoms with E-state index in [0.29, 0.717) is 41.3 Å². The predicted molar refractivity (Wildman–Crippen MR) is 150 cm³/mol. The van der Waals surface area contributed by atoms with Gasteiger partial charge in [0.25, 0.3) is 5.91 Å². The lowest BCUT2D eigenvalue weighted by atomic mass is 10.0. The van der Waals surface area contributed by atoms with Crippen LogP contribution >= 0.6 is 11.6 Å². The highest BCUT2D eigenvalue weighted by Crippen LogP contribution is 2.32. The number of pyridine rings is 1. The molecule has 0 aliphatic rings. The van der Waals surface area contributed by atoms with Crippen LogP contribution < -0.4 is 10.1 Å². The third-order valence-electron chi connectivity index (χ3n) is 6.14. The van der Waals surface area contributed by atoms with Gasteiger partial charge in [0.05, 0.1) is 23.4 Å². The molecule has 1 amide bonds. The summed E-state index contributed by atoms with van der Waals surface area (Å²) in [6.45, 7) is 2.46. The molecule has 0 aliphatic heterocycles. The summed E-state index contributed by atoms with van der Waals surface area (Å²) in [6, 6.07) is 22.3. The minimum absolute atomic E-state index is 0.148. The van der Waals surface area contributed by atoms with E-state index in [9.17, 15) is 13.2 Å². The Balaban J connectivity index is 1.44. The van der Waals surface area contributed by atoms with Crippen molar-refractivity contribution in [3.63, 3.8) is 0 Å². The predicted octanol–water partition coefficient (Wildman–Crippen LogP) is 6.06. The molecule has 1 N–H and O–H groups in total. The summed E-state index contributed by atoms with van der Waals surface area (Å²) >= 11 is 6.05. The molecule has 0 saturated heterocycles. The molecule has 38 heavy (non-hydrogen) atoms. The van der Waals surface area contributed by atoms with E-state index in [4.69, 9.17) is 16.3 Å². The molecule has 4 aromatic rings. The number of carbonyl (C=O) groups excluding carboxylic acids is 1. The minimum Gasteiger partial charge on any atom is -0.495 e. The summed E-state index contributed by atoms with van der Waals surface area (Å²) in [6.07, 6.45) is 4.34. The molecule has 0 saturated carbocycles. The fourth-order valence-corrected chi connectivity index (χ4v) is 5.96.